The van der Waals surface area contributed by atoms with Gasteiger partial charge in [-0.3, -0.25) is 14.4 Å². The highest BCUT2D eigenvalue weighted by Gasteiger charge is 2.46. The lowest BCUT2D eigenvalue weighted by Crippen LogP contribution is -2.55. The van der Waals surface area contributed by atoms with Gasteiger partial charge in [0.15, 0.2) is 0 Å². The number of hydrogen-bond acceptors (Lipinski definition) is 6. The van der Waals surface area contributed by atoms with Crippen molar-refractivity contribution in [3.63, 3.8) is 0 Å². The fraction of sp³-hybridized carbons (Fsp3) is 0.419. The molecular formula is C31H36N4O4S. The molecule has 8 nitrogen and oxygen atoms in total. The van der Waals surface area contributed by atoms with E-state index in [1.54, 1.807) is 22.3 Å². The molecule has 3 aromatic rings. The molecule has 0 unspecified atom stereocenters. The molecule has 0 radical (unpaired) electrons. The van der Waals surface area contributed by atoms with Crippen LogP contribution in [0, 0.1) is 19.8 Å². The maximum atomic E-state index is 14.0. The summed E-state index contributed by atoms with van der Waals surface area (Å²) in [4.78, 5) is 49.3. The van der Waals surface area contributed by atoms with Gasteiger partial charge in [0.25, 0.3) is 5.91 Å². The van der Waals surface area contributed by atoms with E-state index >= 15 is 0 Å². The zero-order valence-corrected chi connectivity index (χ0v) is 24.4. The van der Waals surface area contributed by atoms with Crippen LogP contribution >= 0.6 is 11.3 Å². The van der Waals surface area contributed by atoms with Gasteiger partial charge in [-0.25, -0.2) is 4.98 Å². The minimum atomic E-state index is -0.814. The molecule has 40 heavy (non-hydrogen) atoms. The Kier molecular flexibility index (Phi) is 7.79. The monoisotopic (exact) mass is 560 g/mol. The minimum Gasteiger partial charge on any atom is -0.391 e. The fourth-order valence-electron chi connectivity index (χ4n) is 6.02. The molecule has 1 aromatic heterocycles. The van der Waals surface area contributed by atoms with E-state index in [4.69, 9.17) is 0 Å². The predicted molar refractivity (Wildman–Crippen MR) is 155 cm³/mol. The van der Waals surface area contributed by atoms with Crippen LogP contribution in [0.3, 0.4) is 0 Å². The van der Waals surface area contributed by atoms with Crippen LogP contribution in [0.4, 0.5) is 0 Å². The number of benzene rings is 2. The van der Waals surface area contributed by atoms with E-state index in [2.05, 4.69) is 16.4 Å². The number of β-amino-alcohol motifs (C(OH)–C–C–N with tert-alkyl or cyclic N) is 1. The normalized spacial score (nSPS) is 20.1. The molecule has 5 rings (SSSR count). The molecule has 0 saturated carbocycles. The molecule has 2 aliphatic rings. The summed E-state index contributed by atoms with van der Waals surface area (Å²) in [6.07, 6.45) is -0.649. The van der Waals surface area contributed by atoms with Crippen LogP contribution in [0.2, 0.25) is 0 Å². The third-order valence-corrected chi connectivity index (χ3v) is 9.01. The van der Waals surface area contributed by atoms with Crippen molar-refractivity contribution >= 4 is 29.1 Å². The maximum Gasteiger partial charge on any atom is 0.255 e. The van der Waals surface area contributed by atoms with Crippen molar-refractivity contribution in [3.05, 3.63) is 75.9 Å². The van der Waals surface area contributed by atoms with Crippen LogP contribution in [0.5, 0.6) is 0 Å². The number of hydrogen-bond donors (Lipinski definition) is 2. The molecule has 1 fully saturated rings. The summed E-state index contributed by atoms with van der Waals surface area (Å²) in [5.41, 5.74) is 7.44. The second kappa shape index (κ2) is 11.1. The average molecular weight is 561 g/mol. The Morgan fingerprint density at radius 3 is 2.52 bits per heavy atom. The van der Waals surface area contributed by atoms with E-state index in [-0.39, 0.29) is 42.6 Å². The number of aromatic nitrogens is 1. The second-order valence-corrected chi connectivity index (χ2v) is 12.1. The van der Waals surface area contributed by atoms with E-state index < -0.39 is 18.2 Å². The zero-order chi connectivity index (χ0) is 28.7. The van der Waals surface area contributed by atoms with Crippen molar-refractivity contribution in [2.75, 3.05) is 6.54 Å². The van der Waals surface area contributed by atoms with Crippen LogP contribution in [-0.2, 0) is 16.1 Å². The lowest BCUT2D eigenvalue weighted by Gasteiger charge is -2.35. The van der Waals surface area contributed by atoms with Gasteiger partial charge in [-0.15, -0.1) is 11.3 Å². The van der Waals surface area contributed by atoms with Crippen LogP contribution in [0.15, 0.2) is 48.0 Å². The van der Waals surface area contributed by atoms with E-state index in [0.29, 0.717) is 12.1 Å². The molecule has 4 atom stereocenters. The Balaban J connectivity index is 1.32. The Labute approximate surface area is 239 Å². The van der Waals surface area contributed by atoms with Gasteiger partial charge in [-0.1, -0.05) is 50.2 Å². The molecule has 2 aliphatic heterocycles. The third kappa shape index (κ3) is 5.15. The molecule has 1 saturated heterocycles. The number of thiazole rings is 1. The summed E-state index contributed by atoms with van der Waals surface area (Å²) in [6, 6.07) is 11.7. The highest BCUT2D eigenvalue weighted by Crippen LogP contribution is 2.32. The molecule has 3 amide bonds. The van der Waals surface area contributed by atoms with Crippen molar-refractivity contribution in [2.45, 2.75) is 71.8 Å². The van der Waals surface area contributed by atoms with Gasteiger partial charge in [0.2, 0.25) is 11.8 Å². The number of aryl methyl sites for hydroxylation is 2. The number of carbonyl (C=O) groups is 3. The van der Waals surface area contributed by atoms with E-state index in [1.165, 1.54) is 4.90 Å². The standard InChI is InChI=1S/C31H36N4O4S/c1-17(2)27(35-14-22-8-6-7-9-25(22)30(35)38)31(39)34-15-23(36)13-26(34)29(37)33-19(4)24-11-10-21(12-18(24)3)28-20(5)32-16-40-28/h6-12,16-17,19,23,26-27,36H,13-15H2,1-5H3,(H,33,37)/t19-,23+,26-,27-/m0/s1. The van der Waals surface area contributed by atoms with Crippen LogP contribution in [-0.4, -0.2) is 62.3 Å². The van der Waals surface area contributed by atoms with Crippen molar-refractivity contribution in [1.82, 2.24) is 20.1 Å². The first-order chi connectivity index (χ1) is 19.1. The van der Waals surface area contributed by atoms with Gasteiger partial charge < -0.3 is 20.2 Å². The van der Waals surface area contributed by atoms with Crippen LogP contribution in [0.25, 0.3) is 10.4 Å². The summed E-state index contributed by atoms with van der Waals surface area (Å²) >= 11 is 1.60. The number of fused-ring (bicyclic) bond motifs is 1. The number of rotatable bonds is 7. The van der Waals surface area contributed by atoms with Crippen LogP contribution < -0.4 is 5.32 Å². The quantitative estimate of drug-likeness (QED) is 0.450. The maximum absolute atomic E-state index is 14.0. The van der Waals surface area contributed by atoms with Crippen molar-refractivity contribution < 1.29 is 19.5 Å². The predicted octanol–water partition coefficient (Wildman–Crippen LogP) is 4.25. The molecule has 3 heterocycles. The Morgan fingerprint density at radius 1 is 1.12 bits per heavy atom. The SMILES string of the molecule is Cc1cc(-c2scnc2C)ccc1[C@H](C)NC(=O)[C@@H]1C[C@@H](O)CN1C(=O)[C@H](C(C)C)N1Cc2ccccc2C1=O. The number of aliphatic hydroxyl groups is 1. The number of nitrogens with zero attached hydrogens (tertiary/aromatic N) is 3. The zero-order valence-electron chi connectivity index (χ0n) is 23.5. The van der Waals surface area contributed by atoms with Gasteiger partial charge in [0, 0.05) is 25.1 Å². The molecule has 210 valence electrons. The number of likely N-dealkylation sites (tertiary alicyclic amines) is 1. The topological polar surface area (TPSA) is 103 Å². The molecule has 9 heteroatoms. The molecule has 0 aliphatic carbocycles. The molecular weight excluding hydrogens is 524 g/mol. The summed E-state index contributed by atoms with van der Waals surface area (Å²) in [6.45, 7) is 10.2. The summed E-state index contributed by atoms with van der Waals surface area (Å²) in [5.74, 6) is -0.961. The fourth-order valence-corrected chi connectivity index (χ4v) is 6.83. The number of aliphatic hydroxyl groups excluding tert-OH is 1. The molecule has 0 spiro atoms. The number of nitrogens with one attached hydrogen (secondary N) is 1. The number of carbonyl (C=O) groups excluding carboxylic acids is 3. The molecule has 0 bridgehead atoms. The van der Waals surface area contributed by atoms with Gasteiger partial charge in [-0.2, -0.15) is 0 Å². The third-order valence-electron chi connectivity index (χ3n) is 8.04. The highest BCUT2D eigenvalue weighted by atomic mass is 32.1. The largest absolute Gasteiger partial charge is 0.391 e. The minimum absolute atomic E-state index is 0.0609. The lowest BCUT2D eigenvalue weighted by molar-refractivity contribution is -0.143. The molecule has 2 aromatic carbocycles. The Hall–Kier alpha value is -3.56. The first-order valence-corrected chi connectivity index (χ1v) is 14.6. The number of amides is 3. The first kappa shape index (κ1) is 28.0. The van der Waals surface area contributed by atoms with E-state index in [9.17, 15) is 19.5 Å². The van der Waals surface area contributed by atoms with Crippen molar-refractivity contribution in [1.29, 1.82) is 0 Å². The summed E-state index contributed by atoms with van der Waals surface area (Å²) in [7, 11) is 0. The van der Waals surface area contributed by atoms with Crippen molar-refractivity contribution in [3.8, 4) is 10.4 Å². The average Bonchev–Trinajstić information content (AvgIpc) is 3.61. The van der Waals surface area contributed by atoms with Gasteiger partial charge in [0.05, 0.1) is 28.2 Å². The van der Waals surface area contributed by atoms with Gasteiger partial charge in [-0.05, 0) is 55.0 Å². The Bertz CT molecular complexity index is 1450. The van der Waals surface area contributed by atoms with Gasteiger partial charge >= 0.3 is 0 Å². The summed E-state index contributed by atoms with van der Waals surface area (Å²) in [5, 5.41) is 13.6. The van der Waals surface area contributed by atoms with Gasteiger partial charge in [0.1, 0.15) is 12.1 Å². The lowest BCUT2D eigenvalue weighted by atomic mass is 9.98. The smallest absolute Gasteiger partial charge is 0.255 e. The van der Waals surface area contributed by atoms with E-state index in [1.807, 2.05) is 70.5 Å². The van der Waals surface area contributed by atoms with E-state index in [0.717, 1.165) is 32.8 Å². The van der Waals surface area contributed by atoms with Crippen LogP contribution in [0.1, 0.15) is 66.0 Å². The molecule has 2 N–H and O–H groups in total. The second-order valence-electron chi connectivity index (χ2n) is 11.2. The Morgan fingerprint density at radius 2 is 1.88 bits per heavy atom. The van der Waals surface area contributed by atoms with Crippen molar-refractivity contribution in [2.24, 2.45) is 5.92 Å². The first-order valence-electron chi connectivity index (χ1n) is 13.8. The highest BCUT2D eigenvalue weighted by molar-refractivity contribution is 7.13. The summed E-state index contributed by atoms with van der Waals surface area (Å²) < 4.78 is 0.